The van der Waals surface area contributed by atoms with Crippen LogP contribution in [-0.4, -0.2) is 77.0 Å². The van der Waals surface area contributed by atoms with Gasteiger partial charge in [0.05, 0.1) is 0 Å². The van der Waals surface area contributed by atoms with Crippen molar-refractivity contribution >= 4 is 23.6 Å². The topological polar surface area (TPSA) is 75.9 Å². The molecule has 3 saturated heterocycles. The van der Waals surface area contributed by atoms with Crippen LogP contribution in [0.15, 0.2) is 4.42 Å². The summed E-state index contributed by atoms with van der Waals surface area (Å²) in [6.45, 7) is 5.44. The lowest BCUT2D eigenvalue weighted by atomic mass is 9.96. The molecule has 3 fully saturated rings. The van der Waals surface area contributed by atoms with Crippen LogP contribution in [0.4, 0.5) is 0 Å². The van der Waals surface area contributed by atoms with E-state index in [9.17, 15) is 9.59 Å². The van der Waals surface area contributed by atoms with Gasteiger partial charge in [-0.2, -0.15) is 11.8 Å². The summed E-state index contributed by atoms with van der Waals surface area (Å²) < 4.78 is 11.4. The molecule has 2 amide bonds. The van der Waals surface area contributed by atoms with Gasteiger partial charge in [-0.3, -0.25) is 9.59 Å². The number of hydrogen-bond donors (Lipinski definition) is 0. The van der Waals surface area contributed by atoms with Gasteiger partial charge in [-0.05, 0) is 32.6 Å². The molecule has 4 heterocycles. The van der Waals surface area contributed by atoms with Gasteiger partial charge in [0.2, 0.25) is 0 Å². The molecule has 3 aliphatic heterocycles. The lowest BCUT2D eigenvalue weighted by molar-refractivity contribution is -0.142. The fourth-order valence-corrected chi connectivity index (χ4v) is 4.93. The monoisotopic (exact) mass is 393 g/mol. The molecule has 7 nitrogen and oxygen atoms in total. The number of nitrogens with zero attached hydrogens (tertiary/aromatic N) is 3. The predicted octanol–water partition coefficient (Wildman–Crippen LogP) is 2.06. The van der Waals surface area contributed by atoms with Crippen molar-refractivity contribution < 1.29 is 18.7 Å². The molecule has 1 aromatic heterocycles. The third kappa shape index (κ3) is 4.01. The van der Waals surface area contributed by atoms with E-state index < -0.39 is 0 Å². The Balaban J connectivity index is 1.37. The Labute approximate surface area is 163 Å². The Morgan fingerprint density at radius 3 is 2.48 bits per heavy atom. The number of likely N-dealkylation sites (tertiary alicyclic amines) is 1. The number of thioether (sulfide) groups is 1. The van der Waals surface area contributed by atoms with Crippen molar-refractivity contribution in [2.75, 3.05) is 44.3 Å². The summed E-state index contributed by atoms with van der Waals surface area (Å²) in [5, 5.41) is 0. The van der Waals surface area contributed by atoms with Crippen molar-refractivity contribution in [2.24, 2.45) is 0 Å². The summed E-state index contributed by atoms with van der Waals surface area (Å²) in [6.07, 6.45) is 3.17. The number of carbonyl (C=O) groups is 2. The Bertz CT molecular complexity index is 687. The van der Waals surface area contributed by atoms with Gasteiger partial charge in [0.1, 0.15) is 11.9 Å². The summed E-state index contributed by atoms with van der Waals surface area (Å²) in [5.74, 6) is 3.47. The van der Waals surface area contributed by atoms with Crippen molar-refractivity contribution in [2.45, 2.75) is 44.6 Å². The van der Waals surface area contributed by atoms with E-state index in [-0.39, 0.29) is 23.8 Å². The van der Waals surface area contributed by atoms with Crippen LogP contribution in [0.2, 0.25) is 0 Å². The molecule has 0 aliphatic carbocycles. The maximum atomic E-state index is 12.7. The van der Waals surface area contributed by atoms with Crippen molar-refractivity contribution in [3.63, 3.8) is 0 Å². The first-order chi connectivity index (χ1) is 13.1. The minimum atomic E-state index is -0.252. The largest absolute Gasteiger partial charge is 0.445 e. The summed E-state index contributed by atoms with van der Waals surface area (Å²) in [6, 6.07) is 0. The molecular formula is C19H27N3O4S. The number of piperidine rings is 1. The van der Waals surface area contributed by atoms with Gasteiger partial charge < -0.3 is 19.0 Å². The highest BCUT2D eigenvalue weighted by molar-refractivity contribution is 7.99. The van der Waals surface area contributed by atoms with E-state index in [4.69, 9.17) is 9.15 Å². The molecule has 3 aliphatic rings. The van der Waals surface area contributed by atoms with E-state index in [0.717, 1.165) is 50.3 Å². The van der Waals surface area contributed by atoms with Crippen molar-refractivity contribution in [1.29, 1.82) is 0 Å². The third-order valence-electron chi connectivity index (χ3n) is 5.68. The molecule has 27 heavy (non-hydrogen) atoms. The van der Waals surface area contributed by atoms with Gasteiger partial charge in [0.25, 0.3) is 11.8 Å². The van der Waals surface area contributed by atoms with Crippen LogP contribution in [0, 0.1) is 6.92 Å². The molecule has 0 unspecified atom stereocenters. The summed E-state index contributed by atoms with van der Waals surface area (Å²) in [5.41, 5.74) is 0.453. The Hall–Kier alpha value is -1.54. The van der Waals surface area contributed by atoms with Gasteiger partial charge in [-0.15, -0.1) is 0 Å². The molecule has 0 spiro atoms. The highest BCUT2D eigenvalue weighted by Crippen LogP contribution is 2.30. The highest BCUT2D eigenvalue weighted by Gasteiger charge is 2.33. The highest BCUT2D eigenvalue weighted by atomic mass is 32.2. The van der Waals surface area contributed by atoms with Crippen LogP contribution >= 0.6 is 11.8 Å². The van der Waals surface area contributed by atoms with E-state index in [1.165, 1.54) is 0 Å². The number of carbonyl (C=O) groups excluding carboxylic acids is 2. The van der Waals surface area contributed by atoms with Crippen molar-refractivity contribution in [3.05, 3.63) is 17.3 Å². The number of ether oxygens (including phenoxy) is 1. The van der Waals surface area contributed by atoms with Crippen LogP contribution < -0.4 is 0 Å². The molecule has 148 valence electrons. The standard InChI is InChI=1S/C19H27N3O4S/c1-13-16(19(24)22-8-11-27-12-9-22)20-17(26-13)14-4-6-21(7-5-14)18(23)15-3-2-10-25-15/h14-15H,2-12H2,1H3/t15-/m1/s1. The first-order valence-corrected chi connectivity index (χ1v) is 11.0. The normalized spacial score (nSPS) is 24.4. The minimum absolute atomic E-state index is 0.0196. The molecule has 1 aromatic rings. The summed E-state index contributed by atoms with van der Waals surface area (Å²) in [7, 11) is 0. The zero-order valence-corrected chi connectivity index (χ0v) is 16.6. The third-order valence-corrected chi connectivity index (χ3v) is 6.62. The second-order valence-electron chi connectivity index (χ2n) is 7.46. The molecule has 4 rings (SSSR count). The molecule has 1 atom stereocenters. The molecular weight excluding hydrogens is 366 g/mol. The minimum Gasteiger partial charge on any atom is -0.445 e. The number of hydrogen-bond acceptors (Lipinski definition) is 6. The van der Waals surface area contributed by atoms with Crippen LogP contribution in [0.3, 0.4) is 0 Å². The van der Waals surface area contributed by atoms with Crippen molar-refractivity contribution in [1.82, 2.24) is 14.8 Å². The van der Waals surface area contributed by atoms with Gasteiger partial charge in [-0.1, -0.05) is 0 Å². The molecule has 8 heteroatoms. The van der Waals surface area contributed by atoms with E-state index in [1.54, 1.807) is 0 Å². The van der Waals surface area contributed by atoms with Crippen LogP contribution in [0.25, 0.3) is 0 Å². The average molecular weight is 394 g/mol. The lowest BCUT2D eigenvalue weighted by Gasteiger charge is -2.32. The van der Waals surface area contributed by atoms with E-state index in [2.05, 4.69) is 4.98 Å². The number of amides is 2. The number of aryl methyl sites for hydroxylation is 1. The molecule has 0 saturated carbocycles. The smallest absolute Gasteiger partial charge is 0.276 e. The zero-order chi connectivity index (χ0) is 18.8. The van der Waals surface area contributed by atoms with E-state index in [0.29, 0.717) is 37.0 Å². The summed E-state index contributed by atoms with van der Waals surface area (Å²) in [4.78, 5) is 33.5. The van der Waals surface area contributed by atoms with Gasteiger partial charge in [0.15, 0.2) is 11.6 Å². The number of oxazole rings is 1. The Morgan fingerprint density at radius 2 is 1.81 bits per heavy atom. The SMILES string of the molecule is Cc1oc(C2CCN(C(=O)[C@H]3CCCO3)CC2)nc1C(=O)N1CCSCC1. The maximum Gasteiger partial charge on any atom is 0.276 e. The Morgan fingerprint density at radius 1 is 1.07 bits per heavy atom. The number of aromatic nitrogens is 1. The zero-order valence-electron chi connectivity index (χ0n) is 15.8. The quantitative estimate of drug-likeness (QED) is 0.782. The van der Waals surface area contributed by atoms with Crippen LogP contribution in [0.5, 0.6) is 0 Å². The van der Waals surface area contributed by atoms with Crippen LogP contribution in [-0.2, 0) is 9.53 Å². The lowest BCUT2D eigenvalue weighted by Crippen LogP contribution is -2.43. The fraction of sp³-hybridized carbons (Fsp3) is 0.737. The maximum absolute atomic E-state index is 12.7. The fourth-order valence-electron chi connectivity index (χ4n) is 4.03. The van der Waals surface area contributed by atoms with Gasteiger partial charge in [-0.25, -0.2) is 4.98 Å². The van der Waals surface area contributed by atoms with Gasteiger partial charge in [0, 0.05) is 50.2 Å². The second-order valence-corrected chi connectivity index (χ2v) is 8.69. The molecule has 0 radical (unpaired) electrons. The predicted molar refractivity (Wildman–Crippen MR) is 102 cm³/mol. The molecule has 0 N–H and O–H groups in total. The van der Waals surface area contributed by atoms with Crippen molar-refractivity contribution in [3.8, 4) is 0 Å². The van der Waals surface area contributed by atoms with E-state index in [1.807, 2.05) is 28.5 Å². The van der Waals surface area contributed by atoms with Crippen LogP contribution in [0.1, 0.15) is 53.7 Å². The first-order valence-electron chi connectivity index (χ1n) is 9.88. The first kappa shape index (κ1) is 18.8. The average Bonchev–Trinajstić information content (AvgIpc) is 3.38. The number of rotatable bonds is 3. The second kappa shape index (κ2) is 8.22. The Kier molecular flexibility index (Phi) is 5.73. The summed E-state index contributed by atoms with van der Waals surface area (Å²) >= 11 is 1.88. The van der Waals surface area contributed by atoms with E-state index >= 15 is 0 Å². The molecule has 0 aromatic carbocycles. The van der Waals surface area contributed by atoms with Gasteiger partial charge >= 0.3 is 0 Å². The molecule has 0 bridgehead atoms.